The Bertz CT molecular complexity index is 996. The van der Waals surface area contributed by atoms with Crippen LogP contribution >= 0.6 is 46.8 Å². The molecule has 0 amide bonds. The lowest BCUT2D eigenvalue weighted by molar-refractivity contribution is 0.0718. The smallest absolute Gasteiger partial charge is 0.123 e. The number of ether oxygens (including phenoxy) is 1. The maximum Gasteiger partial charge on any atom is 0.123 e. The molecule has 0 radical (unpaired) electrons. The molecular weight excluding hydrogens is 481 g/mol. The van der Waals surface area contributed by atoms with Crippen molar-refractivity contribution in [2.45, 2.75) is 43.6 Å². The Morgan fingerprint density at radius 2 is 1.56 bits per heavy atom. The summed E-state index contributed by atoms with van der Waals surface area (Å²) in [6.45, 7) is 4.47. The van der Waals surface area contributed by atoms with Gasteiger partial charge >= 0.3 is 0 Å². The SMILES string of the molecule is COC(NSC(C)(C)Cc1ccccc1)C(Cc1ccc(Cl)cc1Cl)c1ccc(Cl)cc1. The number of methoxy groups -OCH3 is 1. The zero-order valence-electron chi connectivity index (χ0n) is 18.4. The van der Waals surface area contributed by atoms with E-state index >= 15 is 0 Å². The topological polar surface area (TPSA) is 21.3 Å². The van der Waals surface area contributed by atoms with E-state index in [0.29, 0.717) is 21.5 Å². The van der Waals surface area contributed by atoms with Crippen LogP contribution in [0.15, 0.2) is 72.8 Å². The number of hydrogen-bond acceptors (Lipinski definition) is 3. The van der Waals surface area contributed by atoms with Gasteiger partial charge < -0.3 is 4.74 Å². The highest BCUT2D eigenvalue weighted by Gasteiger charge is 2.28. The first-order valence-electron chi connectivity index (χ1n) is 10.5. The summed E-state index contributed by atoms with van der Waals surface area (Å²) in [4.78, 5) is 0. The molecule has 2 atom stereocenters. The Morgan fingerprint density at radius 1 is 0.906 bits per heavy atom. The number of halogens is 3. The summed E-state index contributed by atoms with van der Waals surface area (Å²) in [7, 11) is 1.73. The zero-order chi connectivity index (χ0) is 23.1. The highest BCUT2D eigenvalue weighted by Crippen LogP contribution is 2.33. The first-order valence-corrected chi connectivity index (χ1v) is 12.4. The molecule has 170 valence electrons. The molecule has 2 nitrogen and oxygen atoms in total. The predicted molar refractivity (Wildman–Crippen MR) is 140 cm³/mol. The molecule has 0 saturated carbocycles. The maximum atomic E-state index is 6.50. The van der Waals surface area contributed by atoms with Crippen molar-refractivity contribution in [3.8, 4) is 0 Å². The molecule has 0 saturated heterocycles. The lowest BCUT2D eigenvalue weighted by atomic mass is 9.90. The molecule has 0 fully saturated rings. The van der Waals surface area contributed by atoms with Gasteiger partial charge in [0.15, 0.2) is 0 Å². The van der Waals surface area contributed by atoms with E-state index < -0.39 is 0 Å². The van der Waals surface area contributed by atoms with Crippen molar-refractivity contribution in [1.82, 2.24) is 4.72 Å². The van der Waals surface area contributed by atoms with Crippen LogP contribution in [0.1, 0.15) is 36.5 Å². The van der Waals surface area contributed by atoms with E-state index in [2.05, 4.69) is 42.8 Å². The fourth-order valence-corrected chi connectivity index (χ4v) is 5.22. The summed E-state index contributed by atoms with van der Waals surface area (Å²) < 4.78 is 9.50. The van der Waals surface area contributed by atoms with Crippen molar-refractivity contribution in [2.24, 2.45) is 0 Å². The van der Waals surface area contributed by atoms with Crippen molar-refractivity contribution in [3.05, 3.63) is 105 Å². The molecule has 1 N–H and O–H groups in total. The Balaban J connectivity index is 1.80. The molecule has 0 aliphatic heterocycles. The van der Waals surface area contributed by atoms with Crippen LogP contribution in [0.2, 0.25) is 15.1 Å². The molecule has 0 aliphatic carbocycles. The van der Waals surface area contributed by atoms with E-state index in [1.807, 2.05) is 42.5 Å². The molecule has 0 spiro atoms. The van der Waals surface area contributed by atoms with Crippen LogP contribution in [0, 0.1) is 0 Å². The lowest BCUT2D eigenvalue weighted by Gasteiger charge is -2.32. The van der Waals surface area contributed by atoms with Crippen molar-refractivity contribution in [2.75, 3.05) is 7.11 Å². The highest BCUT2D eigenvalue weighted by atomic mass is 35.5. The summed E-state index contributed by atoms with van der Waals surface area (Å²) >= 11 is 20.4. The van der Waals surface area contributed by atoms with Crippen molar-refractivity contribution in [1.29, 1.82) is 0 Å². The summed E-state index contributed by atoms with van der Waals surface area (Å²) in [5.74, 6) is 0.0240. The van der Waals surface area contributed by atoms with Gasteiger partial charge in [0.2, 0.25) is 0 Å². The van der Waals surface area contributed by atoms with Gasteiger partial charge in [-0.15, -0.1) is 0 Å². The molecule has 3 aromatic rings. The second-order valence-corrected chi connectivity index (χ2v) is 11.2. The minimum Gasteiger partial charge on any atom is -0.365 e. The van der Waals surface area contributed by atoms with Crippen LogP contribution in [0.25, 0.3) is 0 Å². The Hall–Kier alpha value is -1.20. The largest absolute Gasteiger partial charge is 0.365 e. The van der Waals surface area contributed by atoms with Gasteiger partial charge in [0.25, 0.3) is 0 Å². The first kappa shape index (κ1) is 25.4. The highest BCUT2D eigenvalue weighted by molar-refractivity contribution is 7.98. The van der Waals surface area contributed by atoms with Crippen LogP contribution in [-0.2, 0) is 17.6 Å². The van der Waals surface area contributed by atoms with E-state index in [-0.39, 0.29) is 16.9 Å². The van der Waals surface area contributed by atoms with Gasteiger partial charge in [-0.2, -0.15) is 0 Å². The number of hydrogen-bond donors (Lipinski definition) is 1. The summed E-state index contributed by atoms with van der Waals surface area (Å²) in [5, 5.41) is 1.99. The third kappa shape index (κ3) is 7.41. The van der Waals surface area contributed by atoms with E-state index in [9.17, 15) is 0 Å². The molecular formula is C26H28Cl3NOS. The van der Waals surface area contributed by atoms with Crippen LogP contribution in [0.3, 0.4) is 0 Å². The Morgan fingerprint density at radius 3 is 2.19 bits per heavy atom. The van der Waals surface area contributed by atoms with Gasteiger partial charge in [-0.05, 0) is 67.6 Å². The minimum atomic E-state index is -0.233. The number of rotatable bonds is 10. The average Bonchev–Trinajstić information content (AvgIpc) is 2.76. The maximum absolute atomic E-state index is 6.50. The molecule has 0 heterocycles. The van der Waals surface area contributed by atoms with Gasteiger partial charge in [0.1, 0.15) is 6.23 Å². The quantitative estimate of drug-likeness (QED) is 0.220. The van der Waals surface area contributed by atoms with E-state index in [1.165, 1.54) is 5.56 Å². The Labute approximate surface area is 210 Å². The monoisotopic (exact) mass is 507 g/mol. The van der Waals surface area contributed by atoms with Crippen LogP contribution in [0.5, 0.6) is 0 Å². The molecule has 32 heavy (non-hydrogen) atoms. The van der Waals surface area contributed by atoms with Crippen LogP contribution in [-0.4, -0.2) is 18.1 Å². The van der Waals surface area contributed by atoms with Crippen molar-refractivity contribution >= 4 is 46.8 Å². The van der Waals surface area contributed by atoms with Crippen molar-refractivity contribution in [3.63, 3.8) is 0 Å². The van der Waals surface area contributed by atoms with Gasteiger partial charge in [0, 0.05) is 32.8 Å². The molecule has 3 aromatic carbocycles. The predicted octanol–water partition coefficient (Wildman–Crippen LogP) is 8.20. The average molecular weight is 509 g/mol. The fourth-order valence-electron chi connectivity index (χ4n) is 3.67. The number of nitrogens with one attached hydrogen (secondary N) is 1. The van der Waals surface area contributed by atoms with E-state index in [4.69, 9.17) is 39.5 Å². The lowest BCUT2D eigenvalue weighted by Crippen LogP contribution is -2.37. The third-order valence-electron chi connectivity index (χ3n) is 5.30. The van der Waals surface area contributed by atoms with Gasteiger partial charge in [0.05, 0.1) is 0 Å². The molecule has 0 aliphatic rings. The summed E-state index contributed by atoms with van der Waals surface area (Å²) in [6, 6.07) is 24.1. The summed E-state index contributed by atoms with van der Waals surface area (Å²) in [5.41, 5.74) is 3.46. The molecule has 0 aromatic heterocycles. The van der Waals surface area contributed by atoms with Gasteiger partial charge in [-0.1, -0.05) is 95.3 Å². The van der Waals surface area contributed by atoms with Crippen molar-refractivity contribution < 1.29 is 4.74 Å². The zero-order valence-corrected chi connectivity index (χ0v) is 21.5. The first-order chi connectivity index (χ1) is 15.3. The van der Waals surface area contributed by atoms with E-state index in [0.717, 1.165) is 17.5 Å². The summed E-state index contributed by atoms with van der Waals surface area (Å²) in [6.07, 6.45) is 1.40. The minimum absolute atomic E-state index is 0.0240. The standard InChI is InChI=1S/C26H28Cl3NOS/c1-26(2,17-18-7-5-4-6-8-18)32-30-25(31-3)23(19-9-12-21(27)13-10-19)15-20-11-14-22(28)16-24(20)29/h4-14,16,23,25,30H,15,17H2,1-3H3. The Kier molecular flexibility index (Phi) is 9.36. The molecule has 2 unspecified atom stereocenters. The normalized spacial score (nSPS) is 13.7. The molecule has 0 bridgehead atoms. The number of benzene rings is 3. The third-order valence-corrected chi connectivity index (χ3v) is 7.18. The van der Waals surface area contributed by atoms with Crippen LogP contribution < -0.4 is 4.72 Å². The van der Waals surface area contributed by atoms with Crippen LogP contribution in [0.4, 0.5) is 0 Å². The van der Waals surface area contributed by atoms with E-state index in [1.54, 1.807) is 25.1 Å². The second-order valence-electron chi connectivity index (χ2n) is 8.40. The van der Waals surface area contributed by atoms with Gasteiger partial charge in [-0.25, -0.2) is 4.72 Å². The fraction of sp³-hybridized carbons (Fsp3) is 0.308. The molecule has 3 rings (SSSR count). The second kappa shape index (κ2) is 11.8. The van der Waals surface area contributed by atoms with Gasteiger partial charge in [-0.3, -0.25) is 0 Å². The molecule has 6 heteroatoms.